The molecule has 1 amide bonds. The summed E-state index contributed by atoms with van der Waals surface area (Å²) in [6.07, 6.45) is 9.32. The molecule has 0 aliphatic carbocycles. The minimum atomic E-state index is 0.203. The Balaban J connectivity index is 1.42. The van der Waals surface area contributed by atoms with Crippen LogP contribution in [0.1, 0.15) is 30.0 Å². The van der Waals surface area contributed by atoms with Gasteiger partial charge in [0.25, 0.3) is 0 Å². The quantitative estimate of drug-likeness (QED) is 0.419. The van der Waals surface area contributed by atoms with E-state index in [1.54, 1.807) is 24.2 Å². The number of benzene rings is 1. The van der Waals surface area contributed by atoms with Crippen molar-refractivity contribution >= 4 is 28.6 Å². The number of rotatable bonds is 5. The fourth-order valence-corrected chi connectivity index (χ4v) is 5.36. The number of pyridine rings is 2. The third-order valence-corrected chi connectivity index (χ3v) is 7.14. The van der Waals surface area contributed by atoms with Gasteiger partial charge in [0.15, 0.2) is 0 Å². The number of fused-ring (bicyclic) bond motifs is 1. The van der Waals surface area contributed by atoms with Crippen molar-refractivity contribution in [1.82, 2.24) is 19.9 Å². The van der Waals surface area contributed by atoms with Gasteiger partial charge in [-0.1, -0.05) is 11.6 Å². The van der Waals surface area contributed by atoms with Gasteiger partial charge in [-0.25, -0.2) is 0 Å². The van der Waals surface area contributed by atoms with Gasteiger partial charge in [0.1, 0.15) is 0 Å². The van der Waals surface area contributed by atoms with Gasteiger partial charge in [-0.05, 0) is 61.7 Å². The third-order valence-electron chi connectivity index (χ3n) is 6.15. The Morgan fingerprint density at radius 3 is 2.62 bits per heavy atom. The Morgan fingerprint density at radius 1 is 1.09 bits per heavy atom. The zero-order chi connectivity index (χ0) is 21.9. The number of aromatic nitrogens is 3. The maximum Gasteiger partial charge on any atom is 0.232 e. The largest absolute Gasteiger partial charge is 0.358 e. The smallest absolute Gasteiger partial charge is 0.232 e. The predicted molar refractivity (Wildman–Crippen MR) is 130 cm³/mol. The molecular formula is C26H26N4OS. The van der Waals surface area contributed by atoms with E-state index in [2.05, 4.69) is 52.2 Å². The van der Waals surface area contributed by atoms with Crippen LogP contribution in [0.3, 0.4) is 0 Å². The molecular weight excluding hydrogens is 416 g/mol. The molecule has 1 fully saturated rings. The molecule has 1 N–H and O–H groups in total. The Kier molecular flexibility index (Phi) is 5.95. The van der Waals surface area contributed by atoms with Crippen molar-refractivity contribution in [3.63, 3.8) is 0 Å². The highest BCUT2D eigenvalue weighted by atomic mass is 32.2. The second-order valence-electron chi connectivity index (χ2n) is 8.35. The fourth-order valence-electron chi connectivity index (χ4n) is 4.57. The molecule has 0 radical (unpaired) electrons. The van der Waals surface area contributed by atoms with Crippen LogP contribution in [0.4, 0.5) is 0 Å². The number of piperidine rings is 1. The minimum absolute atomic E-state index is 0.203. The molecule has 5 rings (SSSR count). The summed E-state index contributed by atoms with van der Waals surface area (Å²) in [4.78, 5) is 28.1. The number of hydrogen-bond acceptors (Lipinski definition) is 4. The number of amides is 1. The van der Waals surface area contributed by atoms with Crippen molar-refractivity contribution in [2.24, 2.45) is 0 Å². The van der Waals surface area contributed by atoms with Crippen LogP contribution >= 0.6 is 11.8 Å². The van der Waals surface area contributed by atoms with Crippen LogP contribution in [0.5, 0.6) is 0 Å². The molecule has 6 heteroatoms. The van der Waals surface area contributed by atoms with E-state index in [-0.39, 0.29) is 11.8 Å². The van der Waals surface area contributed by atoms with E-state index in [9.17, 15) is 4.79 Å². The van der Waals surface area contributed by atoms with Crippen molar-refractivity contribution in [1.29, 1.82) is 0 Å². The molecule has 3 aromatic heterocycles. The van der Waals surface area contributed by atoms with Gasteiger partial charge in [-0.15, -0.1) is 11.8 Å². The monoisotopic (exact) mass is 442 g/mol. The Hall–Kier alpha value is -3.12. The maximum atomic E-state index is 13.0. The molecule has 32 heavy (non-hydrogen) atoms. The van der Waals surface area contributed by atoms with Crippen molar-refractivity contribution < 1.29 is 4.79 Å². The van der Waals surface area contributed by atoms with Gasteiger partial charge >= 0.3 is 0 Å². The maximum absolute atomic E-state index is 13.0. The molecule has 4 heterocycles. The van der Waals surface area contributed by atoms with Crippen molar-refractivity contribution in [2.75, 3.05) is 18.8 Å². The van der Waals surface area contributed by atoms with E-state index in [0.717, 1.165) is 36.3 Å². The van der Waals surface area contributed by atoms with Crippen LogP contribution in [0, 0.1) is 6.92 Å². The lowest BCUT2D eigenvalue weighted by Crippen LogP contribution is -2.40. The van der Waals surface area contributed by atoms with Crippen LogP contribution < -0.4 is 0 Å². The number of aryl methyl sites for hydroxylation is 1. The second kappa shape index (κ2) is 9.17. The van der Waals surface area contributed by atoms with Gasteiger partial charge in [0, 0.05) is 70.9 Å². The molecule has 0 saturated carbocycles. The molecule has 1 atom stereocenters. The number of nitrogens with zero attached hydrogens (tertiary/aromatic N) is 3. The van der Waals surface area contributed by atoms with Crippen LogP contribution in [-0.4, -0.2) is 44.6 Å². The normalized spacial score (nSPS) is 16.4. The first-order chi connectivity index (χ1) is 15.7. The topological polar surface area (TPSA) is 61.9 Å². The average Bonchev–Trinajstić information content (AvgIpc) is 3.22. The molecule has 4 aromatic rings. The average molecular weight is 443 g/mol. The highest BCUT2D eigenvalue weighted by Crippen LogP contribution is 2.39. The first kappa shape index (κ1) is 20.8. The number of carbonyl (C=O) groups is 1. The van der Waals surface area contributed by atoms with Gasteiger partial charge in [-0.2, -0.15) is 0 Å². The highest BCUT2D eigenvalue weighted by Gasteiger charge is 2.28. The van der Waals surface area contributed by atoms with Crippen LogP contribution in [0.15, 0.2) is 72.1 Å². The molecule has 1 aliphatic rings. The minimum Gasteiger partial charge on any atom is -0.358 e. The lowest BCUT2D eigenvalue weighted by atomic mass is 9.89. The highest BCUT2D eigenvalue weighted by molar-refractivity contribution is 8.00. The molecule has 162 valence electrons. The Morgan fingerprint density at radius 2 is 1.84 bits per heavy atom. The summed E-state index contributed by atoms with van der Waals surface area (Å²) < 4.78 is 0. The van der Waals surface area contributed by atoms with Crippen molar-refractivity contribution in [3.05, 3.63) is 78.5 Å². The first-order valence-corrected chi connectivity index (χ1v) is 12.0. The van der Waals surface area contributed by atoms with Crippen molar-refractivity contribution in [2.45, 2.75) is 30.6 Å². The molecule has 1 saturated heterocycles. The van der Waals surface area contributed by atoms with E-state index in [1.807, 2.05) is 29.4 Å². The van der Waals surface area contributed by atoms with Gasteiger partial charge in [0.05, 0.1) is 5.75 Å². The number of aromatic amines is 1. The zero-order valence-electron chi connectivity index (χ0n) is 18.1. The zero-order valence-corrected chi connectivity index (χ0v) is 18.9. The molecule has 5 nitrogen and oxygen atoms in total. The molecule has 0 spiro atoms. The molecule has 1 unspecified atom stereocenters. The summed E-state index contributed by atoms with van der Waals surface area (Å²) in [6, 6.07) is 14.6. The van der Waals surface area contributed by atoms with E-state index in [4.69, 9.17) is 0 Å². The fraction of sp³-hybridized carbons (Fsp3) is 0.269. The van der Waals surface area contributed by atoms with Gasteiger partial charge < -0.3 is 9.88 Å². The SMILES string of the molecule is Cc1ccc2[nH]c(C3CCCN(C(=O)CSc4ccncc4)C3)c(-c3ccncc3)c2c1. The molecule has 0 bridgehead atoms. The summed E-state index contributed by atoms with van der Waals surface area (Å²) in [7, 11) is 0. The summed E-state index contributed by atoms with van der Waals surface area (Å²) in [5.74, 6) is 0.947. The predicted octanol–water partition coefficient (Wildman–Crippen LogP) is 5.43. The molecule has 1 aliphatic heterocycles. The van der Waals surface area contributed by atoms with Gasteiger partial charge in [0.2, 0.25) is 5.91 Å². The number of nitrogens with one attached hydrogen (secondary N) is 1. The number of likely N-dealkylation sites (tertiary alicyclic amines) is 1. The third kappa shape index (κ3) is 4.28. The summed E-state index contributed by atoms with van der Waals surface area (Å²) in [6.45, 7) is 3.71. The Bertz CT molecular complexity index is 1220. The van der Waals surface area contributed by atoms with E-state index in [0.29, 0.717) is 5.75 Å². The number of thioether (sulfide) groups is 1. The molecule has 1 aromatic carbocycles. The second-order valence-corrected chi connectivity index (χ2v) is 9.40. The number of carbonyl (C=O) groups excluding carboxylic acids is 1. The van der Waals surface area contributed by atoms with E-state index >= 15 is 0 Å². The summed E-state index contributed by atoms with van der Waals surface area (Å²) in [5.41, 5.74) is 6.04. The number of hydrogen-bond donors (Lipinski definition) is 1. The standard InChI is InChI=1S/C26H26N4OS/c1-18-4-5-23-22(15-18)25(19-6-10-27-11-7-19)26(29-23)20-3-2-14-30(16-20)24(31)17-32-21-8-12-28-13-9-21/h4-13,15,20,29H,2-3,14,16-17H2,1H3. The van der Waals surface area contributed by atoms with E-state index < -0.39 is 0 Å². The van der Waals surface area contributed by atoms with Gasteiger partial charge in [-0.3, -0.25) is 14.8 Å². The lowest BCUT2D eigenvalue weighted by Gasteiger charge is -2.33. The Labute approximate surface area is 192 Å². The number of H-pyrrole nitrogens is 1. The lowest BCUT2D eigenvalue weighted by molar-refractivity contribution is -0.129. The first-order valence-electron chi connectivity index (χ1n) is 11.0. The summed E-state index contributed by atoms with van der Waals surface area (Å²) in [5, 5.41) is 1.24. The summed E-state index contributed by atoms with van der Waals surface area (Å²) >= 11 is 1.58. The van der Waals surface area contributed by atoms with Crippen molar-refractivity contribution in [3.8, 4) is 11.1 Å². The van der Waals surface area contributed by atoms with E-state index in [1.165, 1.54) is 27.8 Å². The van der Waals surface area contributed by atoms with Crippen LogP contribution in [-0.2, 0) is 4.79 Å². The van der Waals surface area contributed by atoms with Crippen LogP contribution in [0.2, 0.25) is 0 Å². The van der Waals surface area contributed by atoms with Crippen LogP contribution in [0.25, 0.3) is 22.0 Å².